The molecule has 2 aromatic rings. The molecular formula is C25H28N2O5. The molecule has 0 saturated heterocycles. The van der Waals surface area contributed by atoms with E-state index < -0.39 is 30.4 Å². The summed E-state index contributed by atoms with van der Waals surface area (Å²) in [5.74, 6) is -1.14. The van der Waals surface area contributed by atoms with Crippen LogP contribution in [-0.2, 0) is 14.3 Å². The summed E-state index contributed by atoms with van der Waals surface area (Å²) in [5, 5.41) is 14.3. The number of carbonyl (C=O) groups excluding carboxylic acids is 2. The molecule has 1 unspecified atom stereocenters. The van der Waals surface area contributed by atoms with Gasteiger partial charge in [-0.15, -0.1) is 0 Å². The molecule has 0 aliphatic heterocycles. The van der Waals surface area contributed by atoms with E-state index in [1.54, 1.807) is 0 Å². The minimum absolute atomic E-state index is 0.100. The van der Waals surface area contributed by atoms with Crippen molar-refractivity contribution in [1.82, 2.24) is 10.6 Å². The maximum Gasteiger partial charge on any atom is 0.407 e. The standard InChI is InChI=1S/C25H28N2O5/c28-23(29)14-22(24(30)26-13-12-16-6-5-7-16)27-25(31)32-15-21-19-10-3-1-8-17(19)18-9-2-4-11-20(18)21/h1-4,8-11,16,21-22H,5-7,12-15H2,(H,26,30)(H,27,31)(H,28,29). The van der Waals surface area contributed by atoms with Crippen LogP contribution in [0.1, 0.15) is 49.1 Å². The van der Waals surface area contributed by atoms with Crippen molar-refractivity contribution < 1.29 is 24.2 Å². The van der Waals surface area contributed by atoms with Crippen LogP contribution in [0.3, 0.4) is 0 Å². The molecule has 0 spiro atoms. The lowest BCUT2D eigenvalue weighted by Gasteiger charge is -2.25. The Balaban J connectivity index is 1.35. The number of hydrogen-bond acceptors (Lipinski definition) is 4. The number of fused-ring (bicyclic) bond motifs is 3. The molecule has 2 aromatic carbocycles. The molecule has 0 radical (unpaired) electrons. The number of carbonyl (C=O) groups is 3. The second-order valence-electron chi connectivity index (χ2n) is 8.50. The Morgan fingerprint density at radius 2 is 1.62 bits per heavy atom. The first kappa shape index (κ1) is 21.9. The van der Waals surface area contributed by atoms with Gasteiger partial charge in [0.25, 0.3) is 0 Å². The van der Waals surface area contributed by atoms with Crippen molar-refractivity contribution in [3.05, 3.63) is 59.7 Å². The first-order chi connectivity index (χ1) is 15.5. The van der Waals surface area contributed by atoms with Gasteiger partial charge in [-0.05, 0) is 34.6 Å². The van der Waals surface area contributed by atoms with Crippen LogP contribution in [0.2, 0.25) is 0 Å². The van der Waals surface area contributed by atoms with Crippen molar-refractivity contribution >= 4 is 18.0 Å². The lowest BCUT2D eigenvalue weighted by Crippen LogP contribution is -2.48. The number of aliphatic carboxylic acids is 1. The van der Waals surface area contributed by atoms with Crippen LogP contribution in [-0.4, -0.2) is 42.3 Å². The average Bonchev–Trinajstić information content (AvgIpc) is 3.07. The molecule has 0 bridgehead atoms. The molecule has 32 heavy (non-hydrogen) atoms. The van der Waals surface area contributed by atoms with E-state index in [0.29, 0.717) is 12.5 Å². The highest BCUT2D eigenvalue weighted by Gasteiger charge is 2.30. The highest BCUT2D eigenvalue weighted by molar-refractivity contribution is 5.89. The highest BCUT2D eigenvalue weighted by Crippen LogP contribution is 2.44. The van der Waals surface area contributed by atoms with Gasteiger partial charge in [-0.3, -0.25) is 9.59 Å². The number of hydrogen-bond donors (Lipinski definition) is 3. The Kier molecular flexibility index (Phi) is 6.73. The van der Waals surface area contributed by atoms with Crippen LogP contribution in [0.5, 0.6) is 0 Å². The van der Waals surface area contributed by atoms with E-state index >= 15 is 0 Å². The molecule has 7 nitrogen and oxygen atoms in total. The Morgan fingerprint density at radius 3 is 2.19 bits per heavy atom. The van der Waals surface area contributed by atoms with Crippen molar-refractivity contribution in [3.8, 4) is 11.1 Å². The third-order valence-electron chi connectivity index (χ3n) is 6.41. The predicted molar refractivity (Wildman–Crippen MR) is 119 cm³/mol. The van der Waals surface area contributed by atoms with Crippen LogP contribution in [0.4, 0.5) is 4.79 Å². The van der Waals surface area contributed by atoms with E-state index in [9.17, 15) is 14.4 Å². The number of rotatable bonds is 9. The number of ether oxygens (including phenoxy) is 1. The van der Waals surface area contributed by atoms with E-state index in [2.05, 4.69) is 10.6 Å². The fourth-order valence-corrected chi connectivity index (χ4v) is 4.47. The SMILES string of the molecule is O=C(O)CC(NC(=O)OCC1c2ccccc2-c2ccccc21)C(=O)NCCC1CCC1. The van der Waals surface area contributed by atoms with Gasteiger partial charge in [0.05, 0.1) is 6.42 Å². The summed E-state index contributed by atoms with van der Waals surface area (Å²) in [6, 6.07) is 14.8. The molecule has 1 saturated carbocycles. The van der Waals surface area contributed by atoms with Crippen LogP contribution in [0.15, 0.2) is 48.5 Å². The number of benzene rings is 2. The van der Waals surface area contributed by atoms with E-state index in [4.69, 9.17) is 9.84 Å². The quantitative estimate of drug-likeness (QED) is 0.556. The second kappa shape index (κ2) is 9.85. The van der Waals surface area contributed by atoms with Gasteiger partial charge in [0.15, 0.2) is 0 Å². The third-order valence-corrected chi connectivity index (χ3v) is 6.41. The summed E-state index contributed by atoms with van der Waals surface area (Å²) in [4.78, 5) is 36.1. The van der Waals surface area contributed by atoms with Crippen molar-refractivity contribution in [2.75, 3.05) is 13.2 Å². The van der Waals surface area contributed by atoms with E-state index in [0.717, 1.165) is 28.7 Å². The lowest BCUT2D eigenvalue weighted by atomic mass is 9.83. The van der Waals surface area contributed by atoms with Crippen LogP contribution < -0.4 is 10.6 Å². The Hall–Kier alpha value is -3.35. The van der Waals surface area contributed by atoms with Gasteiger partial charge in [0.1, 0.15) is 12.6 Å². The summed E-state index contributed by atoms with van der Waals surface area (Å²) < 4.78 is 5.45. The van der Waals surface area contributed by atoms with Gasteiger partial charge in [0.2, 0.25) is 5.91 Å². The third kappa shape index (κ3) is 4.93. The zero-order valence-electron chi connectivity index (χ0n) is 17.9. The van der Waals surface area contributed by atoms with Crippen molar-refractivity contribution in [1.29, 1.82) is 0 Å². The molecule has 2 aliphatic carbocycles. The van der Waals surface area contributed by atoms with Gasteiger partial charge < -0.3 is 20.5 Å². The molecule has 0 heterocycles. The summed E-state index contributed by atoms with van der Waals surface area (Å²) >= 11 is 0. The van der Waals surface area contributed by atoms with Gasteiger partial charge in [-0.1, -0.05) is 67.8 Å². The summed E-state index contributed by atoms with van der Waals surface area (Å²) in [5.41, 5.74) is 4.40. The van der Waals surface area contributed by atoms with E-state index in [1.165, 1.54) is 19.3 Å². The molecule has 2 amide bonds. The highest BCUT2D eigenvalue weighted by atomic mass is 16.5. The number of nitrogens with one attached hydrogen (secondary N) is 2. The Morgan fingerprint density at radius 1 is 1.00 bits per heavy atom. The normalized spacial score (nSPS) is 15.8. The average molecular weight is 437 g/mol. The molecule has 1 atom stereocenters. The Bertz CT molecular complexity index is 956. The maximum absolute atomic E-state index is 12.5. The van der Waals surface area contributed by atoms with Gasteiger partial charge in [-0.2, -0.15) is 0 Å². The van der Waals surface area contributed by atoms with Gasteiger partial charge in [0, 0.05) is 12.5 Å². The summed E-state index contributed by atoms with van der Waals surface area (Å²) in [7, 11) is 0. The fraction of sp³-hybridized carbons (Fsp3) is 0.400. The second-order valence-corrected chi connectivity index (χ2v) is 8.50. The van der Waals surface area contributed by atoms with Gasteiger partial charge >= 0.3 is 12.1 Å². The Labute approximate surface area is 187 Å². The van der Waals surface area contributed by atoms with Crippen LogP contribution in [0.25, 0.3) is 11.1 Å². The first-order valence-corrected chi connectivity index (χ1v) is 11.1. The predicted octanol–water partition coefficient (Wildman–Crippen LogP) is 3.67. The monoisotopic (exact) mass is 436 g/mol. The molecule has 3 N–H and O–H groups in total. The molecular weight excluding hydrogens is 408 g/mol. The smallest absolute Gasteiger partial charge is 0.407 e. The van der Waals surface area contributed by atoms with Crippen molar-refractivity contribution in [2.24, 2.45) is 5.92 Å². The number of carboxylic acids is 1. The topological polar surface area (TPSA) is 105 Å². The first-order valence-electron chi connectivity index (χ1n) is 11.1. The number of carboxylic acid groups (broad SMARTS) is 1. The summed E-state index contributed by atoms with van der Waals surface area (Å²) in [6.07, 6.45) is 3.14. The largest absolute Gasteiger partial charge is 0.481 e. The minimum Gasteiger partial charge on any atom is -0.481 e. The zero-order chi connectivity index (χ0) is 22.5. The van der Waals surface area contributed by atoms with E-state index in [-0.39, 0.29) is 12.5 Å². The van der Waals surface area contributed by atoms with E-state index in [1.807, 2.05) is 48.5 Å². The van der Waals surface area contributed by atoms with Gasteiger partial charge in [-0.25, -0.2) is 4.79 Å². The molecule has 168 valence electrons. The zero-order valence-corrected chi connectivity index (χ0v) is 17.9. The molecule has 2 aliphatic rings. The number of amides is 2. The molecule has 4 rings (SSSR count). The molecule has 7 heteroatoms. The van der Waals surface area contributed by atoms with Crippen LogP contribution in [0, 0.1) is 5.92 Å². The lowest BCUT2D eigenvalue weighted by molar-refractivity contribution is -0.139. The van der Waals surface area contributed by atoms with Crippen LogP contribution >= 0.6 is 0 Å². The van der Waals surface area contributed by atoms with Crippen molar-refractivity contribution in [3.63, 3.8) is 0 Å². The van der Waals surface area contributed by atoms with Crippen molar-refractivity contribution in [2.45, 2.75) is 44.1 Å². The minimum atomic E-state index is -1.18. The summed E-state index contributed by atoms with van der Waals surface area (Å²) in [6.45, 7) is 0.578. The molecule has 0 aromatic heterocycles. The fourth-order valence-electron chi connectivity index (χ4n) is 4.47. The maximum atomic E-state index is 12.5. The molecule has 1 fully saturated rings. The number of alkyl carbamates (subject to hydrolysis) is 1.